The number of aryl methyl sites for hydroxylation is 1. The first-order valence-electron chi connectivity index (χ1n) is 11.2. The van der Waals surface area contributed by atoms with E-state index in [4.69, 9.17) is 4.74 Å². The average molecular weight is 478 g/mol. The summed E-state index contributed by atoms with van der Waals surface area (Å²) < 4.78 is 45.0. The molecule has 1 saturated heterocycles. The topological polar surface area (TPSA) is 79.5 Å². The molecule has 2 aromatic carbocycles. The van der Waals surface area contributed by atoms with Crippen LogP contribution in [0.3, 0.4) is 0 Å². The summed E-state index contributed by atoms with van der Waals surface area (Å²) in [7, 11) is 0. The lowest BCUT2D eigenvalue weighted by Gasteiger charge is -2.32. The lowest BCUT2D eigenvalue weighted by molar-refractivity contribution is -0.138. The maximum atomic E-state index is 13.2. The van der Waals surface area contributed by atoms with Gasteiger partial charge in [0.2, 0.25) is 5.91 Å². The number of carbonyl (C=O) groups excluding carboxylic acids is 2. The van der Waals surface area contributed by atoms with Crippen molar-refractivity contribution in [2.45, 2.75) is 58.4 Å². The summed E-state index contributed by atoms with van der Waals surface area (Å²) in [5, 5.41) is 8.66. The number of hydrogen-bond donors (Lipinski definition) is 3. The van der Waals surface area contributed by atoms with Crippen molar-refractivity contribution in [1.29, 1.82) is 0 Å². The van der Waals surface area contributed by atoms with Gasteiger partial charge in [0.15, 0.2) is 0 Å². The molecule has 9 heteroatoms. The van der Waals surface area contributed by atoms with Crippen molar-refractivity contribution in [3.05, 3.63) is 59.2 Å². The van der Waals surface area contributed by atoms with Crippen LogP contribution in [-0.2, 0) is 15.7 Å². The van der Waals surface area contributed by atoms with E-state index in [2.05, 4.69) is 16.0 Å². The summed E-state index contributed by atoms with van der Waals surface area (Å²) in [6.07, 6.45) is -3.69. The van der Waals surface area contributed by atoms with Crippen molar-refractivity contribution in [2.75, 3.05) is 17.2 Å². The number of hydrogen-bond acceptors (Lipinski definition) is 4. The van der Waals surface area contributed by atoms with Crippen LogP contribution in [-0.4, -0.2) is 24.1 Å². The summed E-state index contributed by atoms with van der Waals surface area (Å²) in [4.78, 5) is 25.0. The molecule has 2 atom stereocenters. The van der Waals surface area contributed by atoms with Gasteiger partial charge >= 0.3 is 12.3 Å². The molecule has 6 nitrogen and oxygen atoms in total. The largest absolute Gasteiger partial charge is 0.444 e. The van der Waals surface area contributed by atoms with E-state index in [0.29, 0.717) is 12.1 Å². The summed E-state index contributed by atoms with van der Waals surface area (Å²) in [6, 6.07) is 10.6. The summed E-state index contributed by atoms with van der Waals surface area (Å²) >= 11 is 0. The van der Waals surface area contributed by atoms with Crippen LogP contribution < -0.4 is 16.0 Å². The Morgan fingerprint density at radius 1 is 1.00 bits per heavy atom. The van der Waals surface area contributed by atoms with Gasteiger partial charge in [0.25, 0.3) is 0 Å². The first kappa shape index (κ1) is 25.6. The number of amides is 2. The van der Waals surface area contributed by atoms with Gasteiger partial charge in [0.05, 0.1) is 11.5 Å². The first-order chi connectivity index (χ1) is 15.8. The highest BCUT2D eigenvalue weighted by Gasteiger charge is 2.34. The van der Waals surface area contributed by atoms with Crippen molar-refractivity contribution < 1.29 is 27.5 Å². The highest BCUT2D eigenvalue weighted by Crippen LogP contribution is 2.35. The van der Waals surface area contributed by atoms with Gasteiger partial charge in [0.1, 0.15) is 5.60 Å². The quantitative estimate of drug-likeness (QED) is 0.502. The van der Waals surface area contributed by atoms with Crippen LogP contribution in [0.15, 0.2) is 42.5 Å². The monoisotopic (exact) mass is 477 g/mol. The molecule has 0 aromatic heterocycles. The number of piperidine rings is 1. The van der Waals surface area contributed by atoms with Gasteiger partial charge in [-0.2, -0.15) is 13.2 Å². The van der Waals surface area contributed by atoms with Crippen LogP contribution >= 0.6 is 0 Å². The van der Waals surface area contributed by atoms with Crippen LogP contribution in [0.25, 0.3) is 0 Å². The van der Waals surface area contributed by atoms with Gasteiger partial charge in [-0.05, 0) is 82.5 Å². The van der Waals surface area contributed by atoms with E-state index in [1.54, 1.807) is 32.9 Å². The van der Waals surface area contributed by atoms with E-state index >= 15 is 0 Å². The minimum absolute atomic E-state index is 0.0998. The molecule has 2 aromatic rings. The Morgan fingerprint density at radius 3 is 2.26 bits per heavy atom. The molecule has 1 fully saturated rings. The molecule has 3 N–H and O–H groups in total. The molecule has 1 aliphatic rings. The highest BCUT2D eigenvalue weighted by molar-refractivity contribution is 5.93. The molecule has 0 saturated carbocycles. The molecule has 1 heterocycles. The van der Waals surface area contributed by atoms with Gasteiger partial charge in [-0.3, -0.25) is 10.1 Å². The number of nitrogens with one attached hydrogen (secondary N) is 3. The number of alkyl halides is 3. The van der Waals surface area contributed by atoms with E-state index in [1.807, 2.05) is 12.1 Å². The molecule has 2 amide bonds. The van der Waals surface area contributed by atoms with Gasteiger partial charge in [-0.15, -0.1) is 0 Å². The second-order valence-electron chi connectivity index (χ2n) is 9.45. The minimum atomic E-state index is -4.49. The molecule has 3 rings (SSSR count). The zero-order chi connectivity index (χ0) is 25.1. The normalized spacial score (nSPS) is 18.8. The van der Waals surface area contributed by atoms with Crippen molar-refractivity contribution in [3.63, 3.8) is 0 Å². The van der Waals surface area contributed by atoms with Crippen molar-refractivity contribution in [2.24, 2.45) is 5.92 Å². The van der Waals surface area contributed by atoms with E-state index in [0.717, 1.165) is 24.6 Å². The Labute approximate surface area is 197 Å². The Balaban J connectivity index is 1.72. The van der Waals surface area contributed by atoms with Crippen molar-refractivity contribution in [1.82, 2.24) is 5.32 Å². The number of carbonyl (C=O) groups is 2. The Kier molecular flexibility index (Phi) is 7.55. The molecular formula is C25H30F3N3O3. The van der Waals surface area contributed by atoms with E-state index < -0.39 is 29.4 Å². The van der Waals surface area contributed by atoms with Gasteiger partial charge in [-0.1, -0.05) is 18.2 Å². The Bertz CT molecular complexity index is 1030. The third kappa shape index (κ3) is 6.72. The number of anilines is 2. The molecule has 184 valence electrons. The van der Waals surface area contributed by atoms with Crippen LogP contribution in [0.1, 0.15) is 56.3 Å². The van der Waals surface area contributed by atoms with Gasteiger partial charge < -0.3 is 15.4 Å². The standard InChI is InChI=1S/C25H30F3N3O3/c1-15-7-10-18(14-20(15)25(26,27)28)30-22(32)19-6-5-13-29-21(19)16-8-11-17(12-9-16)31-23(33)34-24(2,3)4/h7-12,14,19,21,29H,5-6,13H2,1-4H3,(H,30,32)(H,31,33)/t19-,21-/m0/s1. The zero-order valence-corrected chi connectivity index (χ0v) is 19.7. The fourth-order valence-corrected chi connectivity index (χ4v) is 3.96. The van der Waals surface area contributed by atoms with Crippen molar-refractivity contribution >= 4 is 23.4 Å². The fourth-order valence-electron chi connectivity index (χ4n) is 3.96. The maximum Gasteiger partial charge on any atom is 0.416 e. The second kappa shape index (κ2) is 10.0. The smallest absolute Gasteiger partial charge is 0.416 e. The average Bonchev–Trinajstić information content (AvgIpc) is 2.73. The highest BCUT2D eigenvalue weighted by atomic mass is 19.4. The summed E-state index contributed by atoms with van der Waals surface area (Å²) in [6.45, 7) is 7.42. The molecule has 1 aliphatic heterocycles. The summed E-state index contributed by atoms with van der Waals surface area (Å²) in [5.74, 6) is -0.806. The Hall–Kier alpha value is -3.07. The molecular weight excluding hydrogens is 447 g/mol. The van der Waals surface area contributed by atoms with Crippen molar-refractivity contribution in [3.8, 4) is 0 Å². The maximum absolute atomic E-state index is 13.2. The number of benzene rings is 2. The number of rotatable bonds is 4. The predicted molar refractivity (Wildman–Crippen MR) is 125 cm³/mol. The predicted octanol–water partition coefficient (Wildman–Crippen LogP) is 6.04. The lowest BCUT2D eigenvalue weighted by atomic mass is 9.85. The molecule has 0 aliphatic carbocycles. The van der Waals surface area contributed by atoms with Crippen LogP contribution in [0.4, 0.5) is 29.3 Å². The molecule has 34 heavy (non-hydrogen) atoms. The SMILES string of the molecule is Cc1ccc(NC(=O)[C@H]2CCCN[C@H]2c2ccc(NC(=O)OC(C)(C)C)cc2)cc1C(F)(F)F. The van der Waals surface area contributed by atoms with E-state index in [1.165, 1.54) is 19.1 Å². The molecule has 0 spiro atoms. The lowest BCUT2D eigenvalue weighted by Crippen LogP contribution is -2.40. The third-order valence-corrected chi connectivity index (χ3v) is 5.52. The Morgan fingerprint density at radius 2 is 1.65 bits per heavy atom. The number of halogens is 3. The molecule has 0 bridgehead atoms. The van der Waals surface area contributed by atoms with Gasteiger partial charge in [0, 0.05) is 17.4 Å². The van der Waals surface area contributed by atoms with E-state index in [-0.39, 0.29) is 23.2 Å². The fraction of sp³-hybridized carbons (Fsp3) is 0.440. The number of ether oxygens (including phenoxy) is 1. The first-order valence-corrected chi connectivity index (χ1v) is 11.2. The molecule has 0 radical (unpaired) electrons. The van der Waals surface area contributed by atoms with Crippen LogP contribution in [0.2, 0.25) is 0 Å². The third-order valence-electron chi connectivity index (χ3n) is 5.52. The minimum Gasteiger partial charge on any atom is -0.444 e. The molecule has 0 unspecified atom stereocenters. The van der Waals surface area contributed by atoms with Crippen LogP contribution in [0, 0.1) is 12.8 Å². The van der Waals surface area contributed by atoms with Gasteiger partial charge in [-0.25, -0.2) is 4.79 Å². The second-order valence-corrected chi connectivity index (χ2v) is 9.45. The van der Waals surface area contributed by atoms with Crippen LogP contribution in [0.5, 0.6) is 0 Å². The summed E-state index contributed by atoms with van der Waals surface area (Å²) in [5.41, 5.74) is 0.224. The zero-order valence-electron chi connectivity index (χ0n) is 19.7. The van der Waals surface area contributed by atoms with E-state index in [9.17, 15) is 22.8 Å².